The van der Waals surface area contributed by atoms with Crippen LogP contribution < -0.4 is 10.6 Å². The van der Waals surface area contributed by atoms with Crippen LogP contribution in [-0.2, 0) is 11.3 Å². The van der Waals surface area contributed by atoms with Crippen molar-refractivity contribution < 1.29 is 9.32 Å². The lowest BCUT2D eigenvalue weighted by molar-refractivity contribution is -0.133. The van der Waals surface area contributed by atoms with E-state index in [0.717, 1.165) is 25.2 Å². The maximum Gasteiger partial charge on any atom is 0.225 e. The first kappa shape index (κ1) is 15.3. The summed E-state index contributed by atoms with van der Waals surface area (Å²) in [5.41, 5.74) is 0.820. The third-order valence-corrected chi connectivity index (χ3v) is 3.49. The smallest absolute Gasteiger partial charge is 0.225 e. The summed E-state index contributed by atoms with van der Waals surface area (Å²) in [6.45, 7) is 5.94. The number of rotatable bonds is 4. The number of carbonyl (C=O) groups excluding carboxylic acids is 1. The fourth-order valence-electron chi connectivity index (χ4n) is 2.33. The molecule has 1 saturated heterocycles. The number of aromatic nitrogens is 1. The van der Waals surface area contributed by atoms with Gasteiger partial charge in [0.05, 0.1) is 6.54 Å². The second-order valence-corrected chi connectivity index (χ2v) is 5.49. The van der Waals surface area contributed by atoms with Gasteiger partial charge in [-0.25, -0.2) is 0 Å². The second kappa shape index (κ2) is 7.10. The lowest BCUT2D eigenvalue weighted by atomic mass is 10.2. The van der Waals surface area contributed by atoms with Crippen molar-refractivity contribution in [3.8, 4) is 0 Å². The summed E-state index contributed by atoms with van der Waals surface area (Å²) in [5.74, 6) is 0.972. The van der Waals surface area contributed by atoms with E-state index in [1.54, 1.807) is 19.4 Å². The summed E-state index contributed by atoms with van der Waals surface area (Å²) in [6.07, 6.45) is 2.47. The van der Waals surface area contributed by atoms with E-state index in [1.165, 1.54) is 0 Å². The van der Waals surface area contributed by atoms with Crippen LogP contribution in [0.4, 0.5) is 0 Å². The van der Waals surface area contributed by atoms with Gasteiger partial charge in [-0.05, 0) is 6.42 Å². The molecule has 1 amide bonds. The monoisotopic (exact) mass is 293 g/mol. The minimum Gasteiger partial charge on any atom is -0.364 e. The lowest BCUT2D eigenvalue weighted by Crippen LogP contribution is -2.45. The summed E-state index contributed by atoms with van der Waals surface area (Å²) in [7, 11) is 1.73. The summed E-state index contributed by atoms with van der Waals surface area (Å²) < 4.78 is 4.78. The molecular formula is C14H23N5O2. The largest absolute Gasteiger partial charge is 0.364 e. The number of amides is 1. The number of hydrogen-bond donors (Lipinski definition) is 2. The maximum atomic E-state index is 12.0. The number of hydrogen-bond acceptors (Lipinski definition) is 4. The molecule has 1 aromatic rings. The van der Waals surface area contributed by atoms with Crippen LogP contribution in [0.5, 0.6) is 0 Å². The average molecular weight is 293 g/mol. The molecule has 1 unspecified atom stereocenters. The van der Waals surface area contributed by atoms with E-state index >= 15 is 0 Å². The molecule has 0 saturated carbocycles. The summed E-state index contributed by atoms with van der Waals surface area (Å²) in [6, 6.07) is 2.04. The summed E-state index contributed by atoms with van der Waals surface area (Å²) >= 11 is 0. The van der Waals surface area contributed by atoms with Crippen molar-refractivity contribution in [3.63, 3.8) is 0 Å². The van der Waals surface area contributed by atoms with E-state index in [4.69, 9.17) is 4.52 Å². The predicted octanol–water partition coefficient (Wildman–Crippen LogP) is 0.597. The minimum absolute atomic E-state index is 0.0494. The Bertz CT molecular complexity index is 484. The van der Waals surface area contributed by atoms with Gasteiger partial charge in [0.15, 0.2) is 5.96 Å². The molecule has 1 fully saturated rings. The number of nitrogens with one attached hydrogen (secondary N) is 2. The molecule has 2 rings (SSSR count). The van der Waals surface area contributed by atoms with Crippen molar-refractivity contribution in [1.82, 2.24) is 20.7 Å². The van der Waals surface area contributed by atoms with Gasteiger partial charge in [0, 0.05) is 38.2 Å². The molecule has 0 aromatic carbocycles. The zero-order chi connectivity index (χ0) is 15.2. The molecule has 0 bridgehead atoms. The van der Waals surface area contributed by atoms with Crippen LogP contribution in [0.2, 0.25) is 0 Å². The third-order valence-electron chi connectivity index (χ3n) is 3.49. The minimum atomic E-state index is 0.0494. The van der Waals surface area contributed by atoms with Gasteiger partial charge in [0.2, 0.25) is 5.91 Å². The van der Waals surface area contributed by atoms with E-state index < -0.39 is 0 Å². The Morgan fingerprint density at radius 3 is 3.05 bits per heavy atom. The molecule has 1 atom stereocenters. The first-order chi connectivity index (χ1) is 10.1. The van der Waals surface area contributed by atoms with Crippen molar-refractivity contribution >= 4 is 11.9 Å². The van der Waals surface area contributed by atoms with Crippen molar-refractivity contribution in [2.45, 2.75) is 32.9 Å². The predicted molar refractivity (Wildman–Crippen MR) is 79.7 cm³/mol. The van der Waals surface area contributed by atoms with Crippen LogP contribution >= 0.6 is 0 Å². The Kier molecular flexibility index (Phi) is 5.19. The van der Waals surface area contributed by atoms with Gasteiger partial charge in [-0.1, -0.05) is 19.0 Å². The Hall–Kier alpha value is -2.05. The Labute approximate surface area is 124 Å². The highest BCUT2D eigenvalue weighted by molar-refractivity contribution is 5.81. The fraction of sp³-hybridized carbons (Fsp3) is 0.643. The molecule has 7 nitrogen and oxygen atoms in total. The van der Waals surface area contributed by atoms with Gasteiger partial charge < -0.3 is 20.1 Å². The second-order valence-electron chi connectivity index (χ2n) is 5.49. The molecule has 1 aliphatic rings. The van der Waals surface area contributed by atoms with E-state index in [0.29, 0.717) is 12.5 Å². The highest BCUT2D eigenvalue weighted by atomic mass is 16.5. The molecule has 0 radical (unpaired) electrons. The number of guanidine groups is 1. The molecule has 2 heterocycles. The van der Waals surface area contributed by atoms with Gasteiger partial charge in [-0.2, -0.15) is 0 Å². The molecule has 0 aliphatic carbocycles. The first-order valence-electron chi connectivity index (χ1n) is 7.25. The summed E-state index contributed by atoms with van der Waals surface area (Å²) in [5, 5.41) is 10.4. The van der Waals surface area contributed by atoms with Crippen molar-refractivity contribution in [1.29, 1.82) is 0 Å². The van der Waals surface area contributed by atoms with Crippen LogP contribution in [0.3, 0.4) is 0 Å². The molecule has 0 spiro atoms. The number of aliphatic imine (C=N–C) groups is 1. The molecule has 7 heteroatoms. The van der Waals surface area contributed by atoms with E-state index in [1.807, 2.05) is 18.7 Å². The average Bonchev–Trinajstić information content (AvgIpc) is 3.13. The van der Waals surface area contributed by atoms with Crippen molar-refractivity contribution in [2.24, 2.45) is 10.9 Å². The maximum absolute atomic E-state index is 12.0. The zero-order valence-corrected chi connectivity index (χ0v) is 12.8. The SMILES string of the molecule is CN=C(NCc1ccon1)NC1CCN(C(=O)C(C)C)C1. The van der Waals surface area contributed by atoms with Gasteiger partial charge in [-0.3, -0.25) is 9.79 Å². The van der Waals surface area contributed by atoms with Gasteiger partial charge in [0.25, 0.3) is 0 Å². The molecule has 2 N–H and O–H groups in total. The van der Waals surface area contributed by atoms with Crippen LogP contribution in [0, 0.1) is 5.92 Å². The molecular weight excluding hydrogens is 270 g/mol. The Morgan fingerprint density at radius 2 is 2.43 bits per heavy atom. The van der Waals surface area contributed by atoms with Crippen LogP contribution in [0.25, 0.3) is 0 Å². The van der Waals surface area contributed by atoms with Crippen LogP contribution in [0.15, 0.2) is 21.8 Å². The molecule has 21 heavy (non-hydrogen) atoms. The third kappa shape index (κ3) is 4.21. The lowest BCUT2D eigenvalue weighted by Gasteiger charge is -2.20. The topological polar surface area (TPSA) is 82.8 Å². The highest BCUT2D eigenvalue weighted by Crippen LogP contribution is 2.12. The van der Waals surface area contributed by atoms with Gasteiger partial charge >= 0.3 is 0 Å². The molecule has 1 aliphatic heterocycles. The molecule has 1 aromatic heterocycles. The van der Waals surface area contributed by atoms with Crippen molar-refractivity contribution in [2.75, 3.05) is 20.1 Å². The van der Waals surface area contributed by atoms with Gasteiger partial charge in [0.1, 0.15) is 12.0 Å². The van der Waals surface area contributed by atoms with Gasteiger partial charge in [-0.15, -0.1) is 0 Å². The molecule has 116 valence electrons. The number of likely N-dealkylation sites (tertiary alicyclic amines) is 1. The number of nitrogens with zero attached hydrogens (tertiary/aromatic N) is 3. The quantitative estimate of drug-likeness (QED) is 0.627. The van der Waals surface area contributed by atoms with E-state index in [2.05, 4.69) is 20.8 Å². The number of carbonyl (C=O) groups is 1. The summed E-state index contributed by atoms with van der Waals surface area (Å²) in [4.78, 5) is 18.1. The first-order valence-corrected chi connectivity index (χ1v) is 7.25. The van der Waals surface area contributed by atoms with Crippen LogP contribution in [0.1, 0.15) is 26.0 Å². The normalized spacial score (nSPS) is 19.1. The van der Waals surface area contributed by atoms with Crippen molar-refractivity contribution in [3.05, 3.63) is 18.0 Å². The standard InChI is InChI=1S/C14H23N5O2/c1-10(2)13(20)19-6-4-12(9-19)17-14(15-3)16-8-11-5-7-21-18-11/h5,7,10,12H,4,6,8-9H2,1-3H3,(H2,15,16,17). The highest BCUT2D eigenvalue weighted by Gasteiger charge is 2.27. The Balaban J connectivity index is 1.79. The van der Waals surface area contributed by atoms with Crippen LogP contribution in [-0.4, -0.2) is 48.1 Å². The fourth-order valence-corrected chi connectivity index (χ4v) is 2.33. The van der Waals surface area contributed by atoms with E-state index in [-0.39, 0.29) is 17.9 Å². The Morgan fingerprint density at radius 1 is 1.62 bits per heavy atom. The van der Waals surface area contributed by atoms with E-state index in [9.17, 15) is 4.79 Å². The zero-order valence-electron chi connectivity index (χ0n) is 12.8.